The minimum atomic E-state index is -1.62. The number of carbonyl (C=O) groups is 3. The van der Waals surface area contributed by atoms with Crippen molar-refractivity contribution in [3.8, 4) is 17.2 Å². The van der Waals surface area contributed by atoms with Crippen molar-refractivity contribution in [2.24, 2.45) is 0 Å². The molecule has 168 valence electrons. The van der Waals surface area contributed by atoms with Crippen molar-refractivity contribution in [3.05, 3.63) is 76.3 Å². The number of nitrogens with zero attached hydrogens (tertiary/aromatic N) is 1. The Balaban J connectivity index is 1.59. The predicted molar refractivity (Wildman–Crippen MR) is 122 cm³/mol. The number of carboxylic acid groups (broad SMARTS) is 1. The Morgan fingerprint density at radius 1 is 1.09 bits per heavy atom. The number of phenolic OH excluding ortho intramolecular Hbond substituents is 1. The molecule has 1 aliphatic heterocycles. The topological polar surface area (TPSA) is 116 Å². The van der Waals surface area contributed by atoms with E-state index in [0.29, 0.717) is 12.1 Å². The molecule has 0 aromatic heterocycles. The van der Waals surface area contributed by atoms with Gasteiger partial charge in [0.25, 0.3) is 5.91 Å². The van der Waals surface area contributed by atoms with Crippen LogP contribution in [0.1, 0.15) is 21.5 Å². The van der Waals surface area contributed by atoms with Gasteiger partial charge in [-0.1, -0.05) is 29.8 Å². The molecule has 2 amide bonds. The molecule has 0 bridgehead atoms. The number of ether oxygens (including phenoxy) is 1. The molecular weight excluding hydrogens is 448 g/mol. The van der Waals surface area contributed by atoms with Gasteiger partial charge in [-0.05, 0) is 60.9 Å². The second-order valence-electron chi connectivity index (χ2n) is 7.43. The lowest BCUT2D eigenvalue weighted by Crippen LogP contribution is -2.28. The lowest BCUT2D eigenvalue weighted by molar-refractivity contribution is -0.147. The van der Waals surface area contributed by atoms with Crippen molar-refractivity contribution < 1.29 is 29.3 Å². The van der Waals surface area contributed by atoms with Gasteiger partial charge in [0.2, 0.25) is 0 Å². The SMILES string of the molecule is Cc1c(NC(=O)C(=O)O)ccc(Oc2ccc(O)c(C(=O)N3CCc4ccccc43)c2)c1Cl. The van der Waals surface area contributed by atoms with Crippen LogP contribution in [-0.4, -0.2) is 34.5 Å². The summed E-state index contributed by atoms with van der Waals surface area (Å²) in [5.74, 6) is -2.83. The first kappa shape index (κ1) is 22.2. The summed E-state index contributed by atoms with van der Waals surface area (Å²) in [5.41, 5.74) is 2.60. The molecule has 0 aliphatic carbocycles. The lowest BCUT2D eigenvalue weighted by atomic mass is 10.1. The number of halogens is 1. The van der Waals surface area contributed by atoms with Gasteiger partial charge in [-0.2, -0.15) is 0 Å². The first-order chi connectivity index (χ1) is 15.8. The average Bonchev–Trinajstić information content (AvgIpc) is 3.23. The van der Waals surface area contributed by atoms with E-state index in [2.05, 4.69) is 5.32 Å². The van der Waals surface area contributed by atoms with Crippen LogP contribution in [0.25, 0.3) is 0 Å². The fourth-order valence-electron chi connectivity index (χ4n) is 3.62. The van der Waals surface area contributed by atoms with E-state index in [1.54, 1.807) is 11.8 Å². The molecule has 0 atom stereocenters. The van der Waals surface area contributed by atoms with Gasteiger partial charge < -0.3 is 25.2 Å². The second kappa shape index (κ2) is 8.84. The summed E-state index contributed by atoms with van der Waals surface area (Å²) in [6.07, 6.45) is 0.735. The molecule has 0 radical (unpaired) electrons. The monoisotopic (exact) mass is 466 g/mol. The fourth-order valence-corrected chi connectivity index (χ4v) is 3.83. The zero-order valence-electron chi connectivity index (χ0n) is 17.5. The highest BCUT2D eigenvalue weighted by atomic mass is 35.5. The quantitative estimate of drug-likeness (QED) is 0.491. The number of para-hydroxylation sites is 1. The van der Waals surface area contributed by atoms with E-state index in [4.69, 9.17) is 21.4 Å². The number of carboxylic acids is 1. The number of amides is 2. The Hall–Kier alpha value is -4.04. The standard InChI is InChI=1S/C24H19ClN2O6/c1-13-17(26-22(29)24(31)32)7-9-20(21(13)25)33-15-6-8-19(28)16(12-15)23(30)27-11-10-14-4-2-3-5-18(14)27/h2-9,12,28H,10-11H2,1H3,(H,26,29)(H,31,32). The molecule has 3 aromatic rings. The summed E-state index contributed by atoms with van der Waals surface area (Å²) in [6, 6.07) is 14.8. The summed E-state index contributed by atoms with van der Waals surface area (Å²) >= 11 is 6.36. The second-order valence-corrected chi connectivity index (χ2v) is 7.80. The maximum Gasteiger partial charge on any atom is 0.394 e. The molecule has 0 saturated carbocycles. The third-order valence-corrected chi connectivity index (χ3v) is 5.82. The summed E-state index contributed by atoms with van der Waals surface area (Å²) in [7, 11) is 0. The molecule has 33 heavy (non-hydrogen) atoms. The van der Waals surface area contributed by atoms with Crippen LogP contribution in [0, 0.1) is 6.92 Å². The van der Waals surface area contributed by atoms with Gasteiger partial charge >= 0.3 is 11.9 Å². The molecule has 1 heterocycles. The Morgan fingerprint density at radius 2 is 1.85 bits per heavy atom. The third kappa shape index (κ3) is 4.33. The Bertz CT molecular complexity index is 1290. The summed E-state index contributed by atoms with van der Waals surface area (Å²) in [4.78, 5) is 37.0. The number of benzene rings is 3. The summed E-state index contributed by atoms with van der Waals surface area (Å²) in [5, 5.41) is 21.5. The van der Waals surface area contributed by atoms with Gasteiger partial charge in [0.15, 0.2) is 0 Å². The van der Waals surface area contributed by atoms with Gasteiger partial charge in [0.05, 0.1) is 10.6 Å². The maximum atomic E-state index is 13.2. The Kier molecular flexibility index (Phi) is 5.93. The van der Waals surface area contributed by atoms with Gasteiger partial charge in [-0.15, -0.1) is 0 Å². The Morgan fingerprint density at radius 3 is 2.61 bits per heavy atom. The smallest absolute Gasteiger partial charge is 0.394 e. The van der Waals surface area contributed by atoms with Crippen LogP contribution in [0.4, 0.5) is 11.4 Å². The number of aromatic hydroxyl groups is 1. The lowest BCUT2D eigenvalue weighted by Gasteiger charge is -2.19. The molecular formula is C24H19ClN2O6. The van der Waals surface area contributed by atoms with Gasteiger partial charge in [-0.25, -0.2) is 4.79 Å². The number of nitrogens with one attached hydrogen (secondary N) is 1. The van der Waals surface area contributed by atoms with Gasteiger partial charge in [0, 0.05) is 17.9 Å². The van der Waals surface area contributed by atoms with Crippen molar-refractivity contribution in [1.29, 1.82) is 0 Å². The Labute approximate surface area is 194 Å². The predicted octanol–water partition coefficient (Wildman–Crippen LogP) is 4.37. The third-order valence-electron chi connectivity index (χ3n) is 5.35. The average molecular weight is 467 g/mol. The number of hydrogen-bond donors (Lipinski definition) is 3. The molecule has 4 rings (SSSR count). The van der Waals surface area contributed by atoms with Crippen molar-refractivity contribution in [2.45, 2.75) is 13.3 Å². The summed E-state index contributed by atoms with van der Waals surface area (Å²) < 4.78 is 5.83. The van der Waals surface area contributed by atoms with Crippen molar-refractivity contribution in [3.63, 3.8) is 0 Å². The number of fused-ring (bicyclic) bond motifs is 1. The minimum Gasteiger partial charge on any atom is -0.507 e. The number of rotatable bonds is 4. The van der Waals surface area contributed by atoms with Crippen molar-refractivity contribution in [2.75, 3.05) is 16.8 Å². The van der Waals surface area contributed by atoms with E-state index >= 15 is 0 Å². The normalized spacial score (nSPS) is 12.2. The highest BCUT2D eigenvalue weighted by molar-refractivity contribution is 6.37. The summed E-state index contributed by atoms with van der Waals surface area (Å²) in [6.45, 7) is 2.11. The first-order valence-corrected chi connectivity index (χ1v) is 10.4. The highest BCUT2D eigenvalue weighted by Gasteiger charge is 2.27. The number of aliphatic carboxylic acids is 1. The van der Waals surface area contributed by atoms with Crippen molar-refractivity contribution >= 4 is 40.8 Å². The molecule has 0 saturated heterocycles. The van der Waals surface area contributed by atoms with Crippen LogP contribution in [0.3, 0.4) is 0 Å². The molecule has 0 spiro atoms. The van der Waals surface area contributed by atoms with E-state index in [0.717, 1.165) is 17.7 Å². The molecule has 9 heteroatoms. The van der Waals surface area contributed by atoms with E-state index in [-0.39, 0.29) is 39.4 Å². The zero-order chi connectivity index (χ0) is 23.7. The van der Waals surface area contributed by atoms with Crippen LogP contribution in [0.2, 0.25) is 5.02 Å². The van der Waals surface area contributed by atoms with Crippen LogP contribution in [0.5, 0.6) is 17.2 Å². The number of carbonyl (C=O) groups excluding carboxylic acids is 2. The molecule has 3 aromatic carbocycles. The van der Waals surface area contributed by atoms with Crippen LogP contribution < -0.4 is 15.0 Å². The van der Waals surface area contributed by atoms with E-state index in [9.17, 15) is 19.5 Å². The molecule has 0 unspecified atom stereocenters. The number of phenols is 1. The van der Waals surface area contributed by atoms with Crippen LogP contribution >= 0.6 is 11.6 Å². The minimum absolute atomic E-state index is 0.0855. The number of hydrogen-bond acceptors (Lipinski definition) is 5. The first-order valence-electron chi connectivity index (χ1n) is 10.00. The van der Waals surface area contributed by atoms with Gasteiger partial charge in [-0.3, -0.25) is 9.59 Å². The molecule has 0 fully saturated rings. The molecule has 3 N–H and O–H groups in total. The molecule has 1 aliphatic rings. The maximum absolute atomic E-state index is 13.2. The largest absolute Gasteiger partial charge is 0.507 e. The fraction of sp³-hybridized carbons (Fsp3) is 0.125. The zero-order valence-corrected chi connectivity index (χ0v) is 18.2. The van der Waals surface area contributed by atoms with Crippen LogP contribution in [0.15, 0.2) is 54.6 Å². The van der Waals surface area contributed by atoms with Crippen molar-refractivity contribution in [1.82, 2.24) is 0 Å². The molecule has 8 nitrogen and oxygen atoms in total. The number of anilines is 2. The van der Waals surface area contributed by atoms with E-state index in [1.165, 1.54) is 30.3 Å². The van der Waals surface area contributed by atoms with E-state index < -0.39 is 11.9 Å². The van der Waals surface area contributed by atoms with E-state index in [1.807, 2.05) is 24.3 Å². The van der Waals surface area contributed by atoms with Crippen LogP contribution in [-0.2, 0) is 16.0 Å². The highest BCUT2D eigenvalue weighted by Crippen LogP contribution is 2.37. The van der Waals surface area contributed by atoms with Gasteiger partial charge in [0.1, 0.15) is 17.2 Å².